The first-order valence-corrected chi connectivity index (χ1v) is 5.76. The fourth-order valence-electron chi connectivity index (χ4n) is 1.72. The third-order valence-electron chi connectivity index (χ3n) is 2.74. The fraction of sp³-hybridized carbons (Fsp3) is 0.167. The number of hydrogen-bond donors (Lipinski definition) is 2. The Balaban J connectivity index is 1.84. The van der Waals surface area contributed by atoms with Gasteiger partial charge in [0.05, 0.1) is 35.5 Å². The Labute approximate surface area is 108 Å². The normalized spacial score (nSPS) is 10.8. The number of rotatable bonds is 3. The van der Waals surface area contributed by atoms with E-state index in [1.54, 1.807) is 18.5 Å². The van der Waals surface area contributed by atoms with Crippen molar-refractivity contribution in [2.45, 2.75) is 13.5 Å². The Morgan fingerprint density at radius 1 is 1.16 bits per heavy atom. The summed E-state index contributed by atoms with van der Waals surface area (Å²) in [4.78, 5) is 8.46. The maximum absolute atomic E-state index is 5.78. The predicted molar refractivity (Wildman–Crippen MR) is 70.3 cm³/mol. The van der Waals surface area contributed by atoms with Gasteiger partial charge >= 0.3 is 0 Å². The van der Waals surface area contributed by atoms with Crippen LogP contribution >= 0.6 is 0 Å². The largest absolute Gasteiger partial charge is 0.397 e. The van der Waals surface area contributed by atoms with Gasteiger partial charge in [0.25, 0.3) is 0 Å². The van der Waals surface area contributed by atoms with Crippen LogP contribution in [0.1, 0.15) is 11.4 Å². The molecule has 96 valence electrons. The van der Waals surface area contributed by atoms with E-state index in [1.807, 2.05) is 13.0 Å². The van der Waals surface area contributed by atoms with E-state index in [9.17, 15) is 0 Å². The van der Waals surface area contributed by atoms with Gasteiger partial charge in [0.2, 0.25) is 0 Å². The molecule has 0 atom stereocenters. The van der Waals surface area contributed by atoms with Gasteiger partial charge < -0.3 is 11.1 Å². The van der Waals surface area contributed by atoms with E-state index in [0.29, 0.717) is 23.3 Å². The molecule has 0 aliphatic heterocycles. The molecule has 19 heavy (non-hydrogen) atoms. The number of aromatic nitrogens is 4. The molecule has 3 N–H and O–H groups in total. The van der Waals surface area contributed by atoms with Crippen molar-refractivity contribution in [1.29, 1.82) is 0 Å². The lowest BCUT2D eigenvalue weighted by Gasteiger charge is -2.06. The van der Waals surface area contributed by atoms with E-state index in [0.717, 1.165) is 17.1 Å². The zero-order chi connectivity index (χ0) is 13.2. The highest BCUT2D eigenvalue weighted by molar-refractivity contribution is 5.94. The number of nitrogens with one attached hydrogen (secondary N) is 1. The van der Waals surface area contributed by atoms with Crippen molar-refractivity contribution >= 4 is 22.4 Å². The Kier molecular flexibility index (Phi) is 2.71. The Hall–Kier alpha value is -2.70. The molecule has 2 aromatic heterocycles. The summed E-state index contributed by atoms with van der Waals surface area (Å²) in [7, 11) is 0. The standard InChI is InChI=1S/C12H12N6O/c1-7-4-15-8(5-14-7)6-16-10-3-2-9(13)11-12(10)18-19-17-11/h2-5,16H,6,13H2,1H3. The maximum Gasteiger partial charge on any atom is 0.160 e. The molecular weight excluding hydrogens is 244 g/mol. The van der Waals surface area contributed by atoms with Crippen molar-refractivity contribution < 1.29 is 4.63 Å². The molecular formula is C12H12N6O. The summed E-state index contributed by atoms with van der Waals surface area (Å²) in [6.07, 6.45) is 3.46. The average Bonchev–Trinajstić information content (AvgIpc) is 2.90. The van der Waals surface area contributed by atoms with Crippen molar-refractivity contribution in [3.63, 3.8) is 0 Å². The van der Waals surface area contributed by atoms with Gasteiger partial charge in [0.1, 0.15) is 0 Å². The van der Waals surface area contributed by atoms with E-state index >= 15 is 0 Å². The summed E-state index contributed by atoms with van der Waals surface area (Å²) in [5.74, 6) is 0. The van der Waals surface area contributed by atoms with Crippen LogP contribution in [0.15, 0.2) is 29.2 Å². The molecule has 0 aliphatic carbocycles. The van der Waals surface area contributed by atoms with Crippen LogP contribution in [-0.4, -0.2) is 20.3 Å². The monoisotopic (exact) mass is 256 g/mol. The van der Waals surface area contributed by atoms with Crippen LogP contribution < -0.4 is 11.1 Å². The van der Waals surface area contributed by atoms with Gasteiger partial charge in [-0.15, -0.1) is 0 Å². The van der Waals surface area contributed by atoms with Crippen LogP contribution in [0.4, 0.5) is 11.4 Å². The first-order chi connectivity index (χ1) is 9.24. The van der Waals surface area contributed by atoms with Crippen LogP contribution in [0, 0.1) is 6.92 Å². The number of nitrogen functional groups attached to an aromatic ring is 1. The molecule has 0 fully saturated rings. The topological polar surface area (TPSA) is 103 Å². The zero-order valence-electron chi connectivity index (χ0n) is 10.3. The number of fused-ring (bicyclic) bond motifs is 1. The van der Waals surface area contributed by atoms with Crippen molar-refractivity contribution in [3.05, 3.63) is 35.9 Å². The van der Waals surface area contributed by atoms with Gasteiger partial charge in [-0.1, -0.05) is 0 Å². The molecule has 7 heteroatoms. The molecule has 0 spiro atoms. The second-order valence-electron chi connectivity index (χ2n) is 4.17. The smallest absolute Gasteiger partial charge is 0.160 e. The lowest BCUT2D eigenvalue weighted by Crippen LogP contribution is -2.03. The number of anilines is 2. The average molecular weight is 256 g/mol. The van der Waals surface area contributed by atoms with Crippen molar-refractivity contribution in [3.8, 4) is 0 Å². The van der Waals surface area contributed by atoms with Crippen molar-refractivity contribution in [1.82, 2.24) is 20.3 Å². The Morgan fingerprint density at radius 2 is 2.00 bits per heavy atom. The molecule has 0 amide bonds. The molecule has 1 aromatic carbocycles. The molecule has 0 radical (unpaired) electrons. The van der Waals surface area contributed by atoms with Gasteiger partial charge in [-0.2, -0.15) is 0 Å². The van der Waals surface area contributed by atoms with E-state index in [1.165, 1.54) is 0 Å². The number of aryl methyl sites for hydroxylation is 1. The van der Waals surface area contributed by atoms with Crippen LogP contribution in [0.5, 0.6) is 0 Å². The van der Waals surface area contributed by atoms with Crippen molar-refractivity contribution in [2.24, 2.45) is 0 Å². The third kappa shape index (κ3) is 2.17. The van der Waals surface area contributed by atoms with Gasteiger partial charge in [-0.25, -0.2) is 4.63 Å². The quantitative estimate of drug-likeness (QED) is 0.684. The molecule has 0 saturated heterocycles. The summed E-state index contributed by atoms with van der Waals surface area (Å²) in [5, 5.41) is 10.8. The van der Waals surface area contributed by atoms with Crippen LogP contribution in [0.25, 0.3) is 11.0 Å². The maximum atomic E-state index is 5.78. The SMILES string of the molecule is Cc1cnc(CNc2ccc(N)c3nonc23)cn1. The molecule has 2 heterocycles. The predicted octanol–water partition coefficient (Wildman–Crippen LogP) is 1.52. The number of benzene rings is 1. The third-order valence-corrected chi connectivity index (χ3v) is 2.74. The minimum Gasteiger partial charge on any atom is -0.397 e. The summed E-state index contributed by atoms with van der Waals surface area (Å²) < 4.78 is 4.71. The highest BCUT2D eigenvalue weighted by atomic mass is 16.6. The van der Waals surface area contributed by atoms with E-state index in [2.05, 4.69) is 25.6 Å². The van der Waals surface area contributed by atoms with Crippen LogP contribution in [0.2, 0.25) is 0 Å². The lowest BCUT2D eigenvalue weighted by molar-refractivity contribution is 0.316. The second-order valence-corrected chi connectivity index (χ2v) is 4.17. The molecule has 0 saturated carbocycles. The summed E-state index contributed by atoms with van der Waals surface area (Å²) in [5.41, 5.74) is 10.0. The van der Waals surface area contributed by atoms with Crippen LogP contribution in [0.3, 0.4) is 0 Å². The zero-order valence-corrected chi connectivity index (χ0v) is 10.3. The van der Waals surface area contributed by atoms with Crippen LogP contribution in [-0.2, 0) is 6.54 Å². The van der Waals surface area contributed by atoms with E-state index in [-0.39, 0.29) is 0 Å². The molecule has 0 aliphatic rings. The molecule has 0 unspecified atom stereocenters. The number of nitrogens with two attached hydrogens (primary N) is 1. The first kappa shape index (κ1) is 11.4. The first-order valence-electron chi connectivity index (χ1n) is 5.76. The second kappa shape index (κ2) is 4.52. The molecule has 7 nitrogen and oxygen atoms in total. The molecule has 3 rings (SSSR count). The van der Waals surface area contributed by atoms with Gasteiger partial charge in [0.15, 0.2) is 11.0 Å². The van der Waals surface area contributed by atoms with Gasteiger partial charge in [0, 0.05) is 6.20 Å². The number of hydrogen-bond acceptors (Lipinski definition) is 7. The van der Waals surface area contributed by atoms with Gasteiger partial charge in [-0.3, -0.25) is 9.97 Å². The summed E-state index contributed by atoms with van der Waals surface area (Å²) >= 11 is 0. The molecule has 0 bridgehead atoms. The van der Waals surface area contributed by atoms with E-state index in [4.69, 9.17) is 10.4 Å². The highest BCUT2D eigenvalue weighted by Crippen LogP contribution is 2.25. The lowest BCUT2D eigenvalue weighted by atomic mass is 10.2. The highest BCUT2D eigenvalue weighted by Gasteiger charge is 2.09. The minimum atomic E-state index is 0.539. The van der Waals surface area contributed by atoms with Crippen molar-refractivity contribution in [2.75, 3.05) is 11.1 Å². The number of nitrogens with zero attached hydrogens (tertiary/aromatic N) is 4. The summed E-state index contributed by atoms with van der Waals surface area (Å²) in [6, 6.07) is 3.60. The van der Waals surface area contributed by atoms with E-state index < -0.39 is 0 Å². The minimum absolute atomic E-state index is 0.539. The van der Waals surface area contributed by atoms with Gasteiger partial charge in [-0.05, 0) is 29.4 Å². The fourth-order valence-corrected chi connectivity index (χ4v) is 1.72. The Morgan fingerprint density at radius 3 is 2.79 bits per heavy atom. The molecule has 3 aromatic rings. The summed E-state index contributed by atoms with van der Waals surface area (Å²) in [6.45, 7) is 2.44. The Bertz CT molecular complexity index is 706.